The van der Waals surface area contributed by atoms with E-state index in [4.69, 9.17) is 4.74 Å². The predicted octanol–water partition coefficient (Wildman–Crippen LogP) is 2.45. The first-order valence-electron chi connectivity index (χ1n) is 5.51. The number of hydrogen-bond acceptors (Lipinski definition) is 3. The van der Waals surface area contributed by atoms with Gasteiger partial charge in [-0.2, -0.15) is 5.10 Å². The summed E-state index contributed by atoms with van der Waals surface area (Å²) in [5, 5.41) is 14.9. The quantitative estimate of drug-likeness (QED) is 0.947. The number of aromatic nitrogens is 2. The molecule has 0 amide bonds. The third kappa shape index (κ3) is 2.15. The third-order valence-corrected chi connectivity index (χ3v) is 3.59. The SMILES string of the molecule is COc1ccc(C(C)(O)c2c(Br)cnn2C)cc1. The minimum Gasteiger partial charge on any atom is -0.497 e. The van der Waals surface area contributed by atoms with E-state index in [9.17, 15) is 5.11 Å². The maximum absolute atomic E-state index is 10.7. The maximum atomic E-state index is 10.7. The molecule has 0 saturated carbocycles. The highest BCUT2D eigenvalue weighted by molar-refractivity contribution is 9.10. The number of benzene rings is 1. The minimum absolute atomic E-state index is 0.715. The number of hydrogen-bond donors (Lipinski definition) is 1. The fourth-order valence-corrected chi connectivity index (χ4v) is 2.74. The van der Waals surface area contributed by atoms with Crippen LogP contribution in [0.4, 0.5) is 0 Å². The average Bonchev–Trinajstić information content (AvgIpc) is 2.69. The van der Waals surface area contributed by atoms with Crippen molar-refractivity contribution in [1.82, 2.24) is 9.78 Å². The molecule has 1 aromatic carbocycles. The van der Waals surface area contributed by atoms with Crippen LogP contribution in [0.2, 0.25) is 0 Å². The molecular weight excluding hydrogens is 296 g/mol. The Balaban J connectivity index is 2.47. The monoisotopic (exact) mass is 310 g/mol. The first-order chi connectivity index (χ1) is 8.46. The first kappa shape index (κ1) is 13.1. The molecule has 0 saturated heterocycles. The fraction of sp³-hybridized carbons (Fsp3) is 0.308. The summed E-state index contributed by atoms with van der Waals surface area (Å²) >= 11 is 3.41. The van der Waals surface area contributed by atoms with Gasteiger partial charge < -0.3 is 9.84 Å². The second-order valence-electron chi connectivity index (χ2n) is 4.27. The van der Waals surface area contributed by atoms with Crippen molar-refractivity contribution >= 4 is 15.9 Å². The van der Waals surface area contributed by atoms with E-state index in [0.717, 1.165) is 15.8 Å². The highest BCUT2D eigenvalue weighted by Crippen LogP contribution is 2.34. The molecule has 2 aromatic rings. The van der Waals surface area contributed by atoms with Gasteiger partial charge in [0, 0.05) is 7.05 Å². The second-order valence-corrected chi connectivity index (χ2v) is 5.12. The molecule has 1 heterocycles. The van der Waals surface area contributed by atoms with Crippen molar-refractivity contribution in [3.8, 4) is 5.75 Å². The zero-order chi connectivity index (χ0) is 13.3. The summed E-state index contributed by atoms with van der Waals surface area (Å²) in [6, 6.07) is 7.35. The number of ether oxygens (including phenoxy) is 1. The van der Waals surface area contributed by atoms with Crippen LogP contribution in [0.25, 0.3) is 0 Å². The van der Waals surface area contributed by atoms with Gasteiger partial charge in [0.15, 0.2) is 0 Å². The summed E-state index contributed by atoms with van der Waals surface area (Å²) in [6.45, 7) is 1.75. The molecule has 0 aliphatic heterocycles. The van der Waals surface area contributed by atoms with Gasteiger partial charge in [-0.15, -0.1) is 0 Å². The second kappa shape index (κ2) is 4.74. The number of halogens is 1. The number of nitrogens with zero attached hydrogens (tertiary/aromatic N) is 2. The third-order valence-electron chi connectivity index (χ3n) is 3.01. The average molecular weight is 311 g/mol. The van der Waals surface area contributed by atoms with E-state index in [1.807, 2.05) is 24.3 Å². The molecule has 96 valence electrons. The normalized spacial score (nSPS) is 14.3. The Kier molecular flexibility index (Phi) is 3.45. The molecule has 2 rings (SSSR count). The lowest BCUT2D eigenvalue weighted by Crippen LogP contribution is -2.26. The van der Waals surface area contributed by atoms with Gasteiger partial charge in [-0.25, -0.2) is 0 Å². The molecule has 4 nitrogen and oxygen atoms in total. The zero-order valence-electron chi connectivity index (χ0n) is 10.5. The van der Waals surface area contributed by atoms with Crippen LogP contribution >= 0.6 is 15.9 Å². The Morgan fingerprint density at radius 1 is 1.33 bits per heavy atom. The molecule has 18 heavy (non-hydrogen) atoms. The van der Waals surface area contributed by atoms with Gasteiger partial charge in [0.2, 0.25) is 0 Å². The highest BCUT2D eigenvalue weighted by atomic mass is 79.9. The highest BCUT2D eigenvalue weighted by Gasteiger charge is 2.31. The van der Waals surface area contributed by atoms with Gasteiger partial charge in [-0.3, -0.25) is 4.68 Å². The predicted molar refractivity (Wildman–Crippen MR) is 72.6 cm³/mol. The lowest BCUT2D eigenvalue weighted by molar-refractivity contribution is 0.0920. The van der Waals surface area contributed by atoms with E-state index < -0.39 is 5.60 Å². The Labute approximate surface area is 114 Å². The summed E-state index contributed by atoms with van der Waals surface area (Å²) in [5.41, 5.74) is 0.386. The van der Waals surface area contributed by atoms with Crippen LogP contribution in [0.15, 0.2) is 34.9 Å². The van der Waals surface area contributed by atoms with Crippen LogP contribution < -0.4 is 4.74 Å². The molecule has 0 spiro atoms. The van der Waals surface area contributed by atoms with E-state index in [2.05, 4.69) is 21.0 Å². The molecule has 0 bridgehead atoms. The van der Waals surface area contributed by atoms with Crippen LogP contribution in [0.5, 0.6) is 5.75 Å². The molecule has 1 atom stereocenters. The summed E-state index contributed by atoms with van der Waals surface area (Å²) in [6.07, 6.45) is 1.67. The van der Waals surface area contributed by atoms with E-state index in [1.54, 1.807) is 32.0 Å². The van der Waals surface area contributed by atoms with Crippen molar-refractivity contribution in [3.05, 3.63) is 46.2 Å². The molecule has 1 N–H and O–H groups in total. The maximum Gasteiger partial charge on any atom is 0.129 e. The number of aliphatic hydroxyl groups is 1. The van der Waals surface area contributed by atoms with Crippen molar-refractivity contribution in [2.24, 2.45) is 7.05 Å². The smallest absolute Gasteiger partial charge is 0.129 e. The van der Waals surface area contributed by atoms with Gasteiger partial charge >= 0.3 is 0 Å². The number of aryl methyl sites for hydroxylation is 1. The molecule has 5 heteroatoms. The van der Waals surface area contributed by atoms with Crippen LogP contribution in [0, 0.1) is 0 Å². The molecule has 1 aromatic heterocycles. The number of rotatable bonds is 3. The van der Waals surface area contributed by atoms with Crippen molar-refractivity contribution in [2.75, 3.05) is 7.11 Å². The zero-order valence-corrected chi connectivity index (χ0v) is 12.1. The Bertz CT molecular complexity index is 527. The van der Waals surface area contributed by atoms with Gasteiger partial charge in [-0.1, -0.05) is 12.1 Å². The van der Waals surface area contributed by atoms with E-state index in [0.29, 0.717) is 5.69 Å². The van der Waals surface area contributed by atoms with Crippen molar-refractivity contribution in [1.29, 1.82) is 0 Å². The fourth-order valence-electron chi connectivity index (χ4n) is 2.01. The lowest BCUT2D eigenvalue weighted by Gasteiger charge is -2.25. The summed E-state index contributed by atoms with van der Waals surface area (Å²) in [7, 11) is 3.42. The Morgan fingerprint density at radius 2 is 1.94 bits per heavy atom. The summed E-state index contributed by atoms with van der Waals surface area (Å²) in [4.78, 5) is 0. The molecule has 0 aliphatic carbocycles. The van der Waals surface area contributed by atoms with Crippen LogP contribution in [0.3, 0.4) is 0 Å². The van der Waals surface area contributed by atoms with E-state index in [-0.39, 0.29) is 0 Å². The summed E-state index contributed by atoms with van der Waals surface area (Å²) < 4.78 is 7.56. The van der Waals surface area contributed by atoms with Gasteiger partial charge in [0.05, 0.1) is 23.5 Å². The minimum atomic E-state index is -1.11. The Morgan fingerprint density at radius 3 is 2.39 bits per heavy atom. The Hall–Kier alpha value is -1.33. The lowest BCUT2D eigenvalue weighted by atomic mass is 9.92. The standard InChI is InChI=1S/C13H15BrN2O2/c1-13(17,12-11(14)8-15-16(12)2)9-4-6-10(18-3)7-5-9/h4-8,17H,1-3H3. The first-order valence-corrected chi connectivity index (χ1v) is 6.31. The van der Waals surface area contributed by atoms with Crippen molar-refractivity contribution < 1.29 is 9.84 Å². The van der Waals surface area contributed by atoms with Crippen molar-refractivity contribution in [3.63, 3.8) is 0 Å². The molecule has 1 unspecified atom stereocenters. The van der Waals surface area contributed by atoms with Crippen LogP contribution in [-0.4, -0.2) is 22.0 Å². The molecule has 0 fully saturated rings. The van der Waals surface area contributed by atoms with Gasteiger partial charge in [0.1, 0.15) is 11.4 Å². The van der Waals surface area contributed by atoms with E-state index in [1.165, 1.54) is 0 Å². The number of methoxy groups -OCH3 is 1. The molecule has 0 radical (unpaired) electrons. The van der Waals surface area contributed by atoms with Crippen LogP contribution in [0.1, 0.15) is 18.2 Å². The topological polar surface area (TPSA) is 47.3 Å². The largest absolute Gasteiger partial charge is 0.497 e. The summed E-state index contributed by atoms with van der Waals surface area (Å²) in [5.74, 6) is 0.763. The molecular formula is C13H15BrN2O2. The van der Waals surface area contributed by atoms with Crippen LogP contribution in [-0.2, 0) is 12.6 Å². The molecule has 0 aliphatic rings. The van der Waals surface area contributed by atoms with E-state index >= 15 is 0 Å². The van der Waals surface area contributed by atoms with Crippen molar-refractivity contribution in [2.45, 2.75) is 12.5 Å². The van der Waals surface area contributed by atoms with Gasteiger partial charge in [0.25, 0.3) is 0 Å². The van der Waals surface area contributed by atoms with Gasteiger partial charge in [-0.05, 0) is 40.5 Å².